The molecule has 0 bridgehead atoms. The molecule has 2 unspecified atom stereocenters. The molecule has 0 aliphatic rings. The standard InChI is InChI=1S/C20H42NO7P/c1-6-7-8-9-10-11-12-13-15-25-17-20(28-19(2)22)18-27-29(23,24)26-16-14-21(3,4)5/h20H,6-18H2,1-5H3/p+1. The Bertz CT molecular complexity index is 468. The van der Waals surface area contributed by atoms with E-state index < -0.39 is 19.9 Å². The molecule has 0 radical (unpaired) electrons. The van der Waals surface area contributed by atoms with Crippen molar-refractivity contribution in [2.24, 2.45) is 0 Å². The second kappa shape index (κ2) is 16.2. The average Bonchev–Trinajstić information content (AvgIpc) is 2.59. The van der Waals surface area contributed by atoms with Crippen molar-refractivity contribution < 1.29 is 37.3 Å². The van der Waals surface area contributed by atoms with Gasteiger partial charge in [-0.05, 0) is 6.42 Å². The van der Waals surface area contributed by atoms with Gasteiger partial charge in [0.2, 0.25) is 0 Å². The van der Waals surface area contributed by atoms with Crippen LogP contribution in [0.3, 0.4) is 0 Å². The van der Waals surface area contributed by atoms with Crippen molar-refractivity contribution in [2.45, 2.75) is 71.3 Å². The van der Waals surface area contributed by atoms with Gasteiger partial charge in [-0.25, -0.2) is 4.57 Å². The highest BCUT2D eigenvalue weighted by Gasteiger charge is 2.25. The first-order valence-electron chi connectivity index (χ1n) is 10.7. The van der Waals surface area contributed by atoms with E-state index in [9.17, 15) is 14.3 Å². The minimum absolute atomic E-state index is 0.0878. The molecule has 0 aliphatic heterocycles. The van der Waals surface area contributed by atoms with Crippen LogP contribution in [0.4, 0.5) is 0 Å². The van der Waals surface area contributed by atoms with E-state index in [0.29, 0.717) is 17.6 Å². The molecule has 9 heteroatoms. The zero-order valence-corrected chi connectivity index (χ0v) is 20.0. The largest absolute Gasteiger partial charge is 0.472 e. The molecule has 0 amide bonds. The predicted molar refractivity (Wildman–Crippen MR) is 114 cm³/mol. The van der Waals surface area contributed by atoms with Crippen molar-refractivity contribution in [1.82, 2.24) is 0 Å². The Morgan fingerprint density at radius 3 is 2.07 bits per heavy atom. The first-order valence-corrected chi connectivity index (χ1v) is 12.2. The summed E-state index contributed by atoms with van der Waals surface area (Å²) < 4.78 is 33.2. The molecule has 174 valence electrons. The van der Waals surface area contributed by atoms with Crippen LogP contribution >= 0.6 is 7.82 Å². The van der Waals surface area contributed by atoms with E-state index >= 15 is 0 Å². The van der Waals surface area contributed by atoms with Gasteiger partial charge in [0, 0.05) is 13.5 Å². The maximum Gasteiger partial charge on any atom is 0.472 e. The van der Waals surface area contributed by atoms with Gasteiger partial charge in [-0.3, -0.25) is 13.8 Å². The summed E-state index contributed by atoms with van der Waals surface area (Å²) in [6, 6.07) is 0. The van der Waals surface area contributed by atoms with Crippen molar-refractivity contribution in [3.63, 3.8) is 0 Å². The number of carbonyl (C=O) groups excluding carboxylic acids is 1. The third-order valence-corrected chi connectivity index (χ3v) is 5.20. The SMILES string of the molecule is CCCCCCCCCCOCC(COP(=O)(O)OCC[N+](C)(C)C)OC(C)=O. The topological polar surface area (TPSA) is 91.3 Å². The van der Waals surface area contributed by atoms with Gasteiger partial charge in [-0.2, -0.15) is 0 Å². The normalized spacial score (nSPS) is 15.1. The van der Waals surface area contributed by atoms with Gasteiger partial charge in [0.1, 0.15) is 19.3 Å². The minimum Gasteiger partial charge on any atom is -0.458 e. The van der Waals surface area contributed by atoms with E-state index in [1.807, 2.05) is 21.1 Å². The third-order valence-electron chi connectivity index (χ3n) is 4.22. The summed E-state index contributed by atoms with van der Waals surface area (Å²) in [7, 11) is 1.66. The maximum absolute atomic E-state index is 12.0. The van der Waals surface area contributed by atoms with E-state index in [1.165, 1.54) is 45.4 Å². The first kappa shape index (κ1) is 28.5. The Morgan fingerprint density at radius 1 is 0.931 bits per heavy atom. The number of phosphoric ester groups is 1. The molecule has 0 aliphatic carbocycles. The molecule has 0 spiro atoms. The molecule has 0 saturated carbocycles. The van der Waals surface area contributed by atoms with Crippen molar-refractivity contribution in [3.8, 4) is 0 Å². The molecule has 0 saturated heterocycles. The number of phosphoric acid groups is 1. The summed E-state index contributed by atoms with van der Waals surface area (Å²) in [5, 5.41) is 0. The quantitative estimate of drug-likeness (QED) is 0.141. The molecule has 29 heavy (non-hydrogen) atoms. The Labute approximate surface area is 177 Å². The van der Waals surface area contributed by atoms with Gasteiger partial charge in [-0.1, -0.05) is 51.9 Å². The van der Waals surface area contributed by atoms with Crippen molar-refractivity contribution in [3.05, 3.63) is 0 Å². The molecule has 0 rings (SSSR count). The van der Waals surface area contributed by atoms with Gasteiger partial charge in [0.05, 0.1) is 34.4 Å². The van der Waals surface area contributed by atoms with E-state index in [1.54, 1.807) is 0 Å². The summed E-state index contributed by atoms with van der Waals surface area (Å²) in [4.78, 5) is 21.0. The maximum atomic E-state index is 12.0. The second-order valence-corrected chi connectivity index (χ2v) is 9.85. The highest BCUT2D eigenvalue weighted by Crippen LogP contribution is 2.43. The summed E-state index contributed by atoms with van der Waals surface area (Å²) in [6.45, 7) is 4.56. The van der Waals surface area contributed by atoms with Crippen LogP contribution < -0.4 is 0 Å². The average molecular weight is 441 g/mol. The van der Waals surface area contributed by atoms with Crippen LogP contribution in [0, 0.1) is 0 Å². The number of rotatable bonds is 19. The number of carbonyl (C=O) groups is 1. The van der Waals surface area contributed by atoms with E-state index in [4.69, 9.17) is 18.5 Å². The summed E-state index contributed by atoms with van der Waals surface area (Å²) in [6.07, 6.45) is 8.92. The molecule has 0 aromatic rings. The van der Waals surface area contributed by atoms with E-state index in [-0.39, 0.29) is 19.8 Å². The number of nitrogens with zero attached hydrogens (tertiary/aromatic N) is 1. The fourth-order valence-electron chi connectivity index (χ4n) is 2.55. The van der Waals surface area contributed by atoms with Gasteiger partial charge >= 0.3 is 13.8 Å². The van der Waals surface area contributed by atoms with E-state index in [0.717, 1.165) is 12.8 Å². The lowest BCUT2D eigenvalue weighted by Crippen LogP contribution is -2.37. The van der Waals surface area contributed by atoms with Crippen LogP contribution in [0.15, 0.2) is 0 Å². The van der Waals surface area contributed by atoms with E-state index in [2.05, 4.69) is 6.92 Å². The van der Waals surface area contributed by atoms with Crippen molar-refractivity contribution in [1.29, 1.82) is 0 Å². The van der Waals surface area contributed by atoms with Crippen LogP contribution in [0.5, 0.6) is 0 Å². The molecule has 8 nitrogen and oxygen atoms in total. The van der Waals surface area contributed by atoms with Crippen LogP contribution in [-0.2, 0) is 27.9 Å². The van der Waals surface area contributed by atoms with Gasteiger partial charge in [0.25, 0.3) is 0 Å². The van der Waals surface area contributed by atoms with Crippen molar-refractivity contribution >= 4 is 13.8 Å². The first-order chi connectivity index (χ1) is 13.6. The Hall–Kier alpha value is -0.500. The zero-order valence-electron chi connectivity index (χ0n) is 19.1. The second-order valence-electron chi connectivity index (χ2n) is 8.39. The highest BCUT2D eigenvalue weighted by atomic mass is 31.2. The van der Waals surface area contributed by atoms with Gasteiger partial charge in [-0.15, -0.1) is 0 Å². The fraction of sp³-hybridized carbons (Fsp3) is 0.950. The lowest BCUT2D eigenvalue weighted by molar-refractivity contribution is -0.870. The molecule has 2 atom stereocenters. The third kappa shape index (κ3) is 20.5. The van der Waals surface area contributed by atoms with Crippen molar-refractivity contribution in [2.75, 3.05) is 54.1 Å². The number of esters is 1. The lowest BCUT2D eigenvalue weighted by Gasteiger charge is -2.24. The van der Waals surface area contributed by atoms with Crippen LogP contribution in [-0.4, -0.2) is 75.6 Å². The fourth-order valence-corrected chi connectivity index (χ4v) is 3.29. The monoisotopic (exact) mass is 440 g/mol. The Balaban J connectivity index is 4.02. The Morgan fingerprint density at radius 2 is 1.52 bits per heavy atom. The number of unbranched alkanes of at least 4 members (excludes halogenated alkanes) is 7. The summed E-state index contributed by atoms with van der Waals surface area (Å²) >= 11 is 0. The molecule has 0 aromatic carbocycles. The highest BCUT2D eigenvalue weighted by molar-refractivity contribution is 7.47. The number of hydrogen-bond donors (Lipinski definition) is 1. The van der Waals surface area contributed by atoms with Crippen LogP contribution in [0.1, 0.15) is 65.2 Å². The minimum atomic E-state index is -4.20. The number of quaternary nitrogens is 1. The zero-order chi connectivity index (χ0) is 22.2. The van der Waals surface area contributed by atoms with Gasteiger partial charge in [0.15, 0.2) is 0 Å². The molecule has 0 fully saturated rings. The number of likely N-dealkylation sites (N-methyl/N-ethyl adjacent to an activating group) is 1. The Kier molecular flexibility index (Phi) is 15.9. The van der Waals surface area contributed by atoms with Crippen LogP contribution in [0.2, 0.25) is 0 Å². The smallest absolute Gasteiger partial charge is 0.458 e. The number of ether oxygens (including phenoxy) is 2. The molecular formula is C20H43NO7P+. The lowest BCUT2D eigenvalue weighted by atomic mass is 10.1. The molecule has 0 heterocycles. The summed E-state index contributed by atoms with van der Waals surface area (Å²) in [5.41, 5.74) is 0. The molecular weight excluding hydrogens is 397 g/mol. The molecule has 0 aromatic heterocycles. The summed E-state index contributed by atoms with van der Waals surface area (Å²) in [5.74, 6) is -0.493. The number of hydrogen-bond acceptors (Lipinski definition) is 6. The van der Waals surface area contributed by atoms with Crippen LogP contribution in [0.25, 0.3) is 0 Å². The molecule has 1 N–H and O–H groups in total. The predicted octanol–water partition coefficient (Wildman–Crippen LogP) is 3.92. The van der Waals surface area contributed by atoms with Gasteiger partial charge < -0.3 is 18.9 Å².